The number of nitro groups is 2. The first-order valence-corrected chi connectivity index (χ1v) is 5.36. The lowest BCUT2D eigenvalue weighted by Crippen LogP contribution is -1.94. The van der Waals surface area contributed by atoms with E-state index in [0.717, 1.165) is 17.8 Å². The van der Waals surface area contributed by atoms with Crippen LogP contribution in [0.2, 0.25) is 0 Å². The van der Waals surface area contributed by atoms with E-state index in [1.54, 1.807) is 0 Å². The number of aromatic amines is 1. The van der Waals surface area contributed by atoms with Crippen molar-refractivity contribution < 1.29 is 9.85 Å². The molecule has 1 aromatic heterocycles. The largest absolute Gasteiger partial charge is 0.290 e. The van der Waals surface area contributed by atoms with Gasteiger partial charge in [0, 0.05) is 6.07 Å². The second kappa shape index (κ2) is 4.79. The van der Waals surface area contributed by atoms with Crippen LogP contribution < -0.4 is 0 Å². The first-order chi connectivity index (χ1) is 8.58. The van der Waals surface area contributed by atoms with Crippen LogP contribution in [-0.2, 0) is 0 Å². The average Bonchev–Trinajstić information content (AvgIpc) is 2.81. The molecule has 2 aromatic rings. The third-order valence-corrected chi connectivity index (χ3v) is 2.93. The molecule has 0 radical (unpaired) electrons. The molecule has 18 heavy (non-hydrogen) atoms. The summed E-state index contributed by atoms with van der Waals surface area (Å²) < 4.78 is 0. The third-order valence-electron chi connectivity index (χ3n) is 1.96. The van der Waals surface area contributed by atoms with Crippen molar-refractivity contribution >= 4 is 23.1 Å². The smallest absolute Gasteiger partial charge is 0.258 e. The molecule has 0 saturated heterocycles. The van der Waals surface area contributed by atoms with Crippen LogP contribution in [0.4, 0.5) is 11.4 Å². The summed E-state index contributed by atoms with van der Waals surface area (Å²) in [5.74, 6) is 0. The van der Waals surface area contributed by atoms with E-state index >= 15 is 0 Å². The monoisotopic (exact) mass is 267 g/mol. The lowest BCUT2D eigenvalue weighted by molar-refractivity contribution is -0.396. The fourth-order valence-corrected chi connectivity index (χ4v) is 1.99. The number of nitrogens with one attached hydrogen (secondary N) is 1. The number of nitrogens with zero attached hydrogens (tertiary/aromatic N) is 4. The Morgan fingerprint density at radius 3 is 2.56 bits per heavy atom. The summed E-state index contributed by atoms with van der Waals surface area (Å²) in [6.07, 6.45) is 1.40. The van der Waals surface area contributed by atoms with Gasteiger partial charge in [-0.05, 0) is 6.07 Å². The second-order valence-electron chi connectivity index (χ2n) is 3.08. The number of hydrogen-bond acceptors (Lipinski definition) is 7. The summed E-state index contributed by atoms with van der Waals surface area (Å²) in [6.45, 7) is 0. The fourth-order valence-electron chi connectivity index (χ4n) is 1.20. The standard InChI is InChI=1S/C8H5N5O4S/c14-12(15)5-1-2-7(6(3-5)13(16)17)18-8-4-9-11-10-8/h1-4H,(H,9,10,11). The van der Waals surface area contributed by atoms with Crippen molar-refractivity contribution in [3.63, 3.8) is 0 Å². The van der Waals surface area contributed by atoms with Gasteiger partial charge in [-0.3, -0.25) is 20.2 Å². The molecular formula is C8H5N5O4S. The van der Waals surface area contributed by atoms with Crippen molar-refractivity contribution in [2.24, 2.45) is 0 Å². The van der Waals surface area contributed by atoms with Crippen LogP contribution in [0, 0.1) is 20.2 Å². The first kappa shape index (κ1) is 12.0. The molecule has 9 nitrogen and oxygen atoms in total. The molecule has 0 bridgehead atoms. The molecule has 1 N–H and O–H groups in total. The van der Waals surface area contributed by atoms with E-state index in [2.05, 4.69) is 15.4 Å². The van der Waals surface area contributed by atoms with Crippen molar-refractivity contribution in [3.05, 3.63) is 44.6 Å². The van der Waals surface area contributed by atoms with Gasteiger partial charge in [-0.15, -0.1) is 5.10 Å². The van der Waals surface area contributed by atoms with Gasteiger partial charge < -0.3 is 0 Å². The number of nitro benzene ring substituents is 2. The number of non-ortho nitro benzene ring substituents is 1. The summed E-state index contributed by atoms with van der Waals surface area (Å²) in [5.41, 5.74) is -0.664. The van der Waals surface area contributed by atoms with Gasteiger partial charge in [0.15, 0.2) is 0 Å². The van der Waals surface area contributed by atoms with Gasteiger partial charge >= 0.3 is 0 Å². The molecule has 10 heteroatoms. The number of rotatable bonds is 4. The molecule has 0 aliphatic heterocycles. The molecule has 1 heterocycles. The zero-order chi connectivity index (χ0) is 13.1. The second-order valence-corrected chi connectivity index (χ2v) is 4.14. The highest BCUT2D eigenvalue weighted by Gasteiger charge is 2.20. The maximum atomic E-state index is 10.9. The fraction of sp³-hybridized carbons (Fsp3) is 0. The SMILES string of the molecule is O=[N+]([O-])c1ccc(Sc2cn[nH]n2)c([N+](=O)[O-])c1. The van der Waals surface area contributed by atoms with Gasteiger partial charge in [0.1, 0.15) is 5.03 Å². The van der Waals surface area contributed by atoms with E-state index in [-0.39, 0.29) is 16.3 Å². The molecule has 0 unspecified atom stereocenters. The van der Waals surface area contributed by atoms with E-state index in [1.165, 1.54) is 18.3 Å². The average molecular weight is 267 g/mol. The van der Waals surface area contributed by atoms with Crippen molar-refractivity contribution in [3.8, 4) is 0 Å². The Balaban J connectivity index is 2.40. The molecular weight excluding hydrogens is 262 g/mol. The highest BCUT2D eigenvalue weighted by atomic mass is 32.2. The Bertz CT molecular complexity index is 600. The van der Waals surface area contributed by atoms with E-state index in [9.17, 15) is 20.2 Å². The normalized spacial score (nSPS) is 10.2. The van der Waals surface area contributed by atoms with Gasteiger partial charge in [0.25, 0.3) is 11.4 Å². The van der Waals surface area contributed by atoms with Crippen molar-refractivity contribution in [1.29, 1.82) is 0 Å². The van der Waals surface area contributed by atoms with Crippen LogP contribution in [-0.4, -0.2) is 25.3 Å². The van der Waals surface area contributed by atoms with E-state index in [4.69, 9.17) is 0 Å². The van der Waals surface area contributed by atoms with Crippen molar-refractivity contribution in [1.82, 2.24) is 15.4 Å². The van der Waals surface area contributed by atoms with Gasteiger partial charge in [-0.1, -0.05) is 11.8 Å². The summed E-state index contributed by atoms with van der Waals surface area (Å²) in [6, 6.07) is 3.44. The summed E-state index contributed by atoms with van der Waals surface area (Å²) in [4.78, 5) is 20.3. The topological polar surface area (TPSA) is 128 Å². The quantitative estimate of drug-likeness (QED) is 0.660. The predicted molar refractivity (Wildman–Crippen MR) is 60.3 cm³/mol. The maximum Gasteiger partial charge on any atom is 0.290 e. The van der Waals surface area contributed by atoms with Gasteiger partial charge in [0.2, 0.25) is 0 Å². The summed E-state index contributed by atoms with van der Waals surface area (Å²) in [7, 11) is 0. The van der Waals surface area contributed by atoms with Crippen LogP contribution in [0.5, 0.6) is 0 Å². The minimum atomic E-state index is -0.683. The molecule has 0 fully saturated rings. The van der Waals surface area contributed by atoms with Crippen LogP contribution in [0.15, 0.2) is 34.3 Å². The minimum Gasteiger partial charge on any atom is -0.258 e. The summed E-state index contributed by atoms with van der Waals surface area (Å²) in [5, 5.41) is 31.5. The highest BCUT2D eigenvalue weighted by Crippen LogP contribution is 2.35. The zero-order valence-electron chi connectivity index (χ0n) is 8.64. The van der Waals surface area contributed by atoms with Gasteiger partial charge in [-0.25, -0.2) is 0 Å². The third kappa shape index (κ3) is 2.43. The van der Waals surface area contributed by atoms with E-state index in [0.29, 0.717) is 5.03 Å². The predicted octanol–water partition coefficient (Wildman–Crippen LogP) is 1.77. The molecule has 2 rings (SSSR count). The number of benzene rings is 1. The molecule has 92 valence electrons. The Kier molecular flexibility index (Phi) is 3.19. The lowest BCUT2D eigenvalue weighted by atomic mass is 10.3. The molecule has 1 aromatic carbocycles. The minimum absolute atomic E-state index is 0.263. The Morgan fingerprint density at radius 1 is 1.22 bits per heavy atom. The number of hydrogen-bond donors (Lipinski definition) is 1. The first-order valence-electron chi connectivity index (χ1n) is 4.54. The Hall–Kier alpha value is -2.49. The molecule has 0 amide bonds. The zero-order valence-corrected chi connectivity index (χ0v) is 9.46. The highest BCUT2D eigenvalue weighted by molar-refractivity contribution is 7.99. The molecule has 0 aliphatic rings. The maximum absolute atomic E-state index is 10.9. The van der Waals surface area contributed by atoms with Crippen LogP contribution >= 0.6 is 11.8 Å². The Morgan fingerprint density at radius 2 is 2.00 bits per heavy atom. The van der Waals surface area contributed by atoms with Gasteiger partial charge in [0.05, 0.1) is 27.0 Å². The van der Waals surface area contributed by atoms with E-state index < -0.39 is 9.85 Å². The van der Waals surface area contributed by atoms with Crippen molar-refractivity contribution in [2.45, 2.75) is 9.92 Å². The lowest BCUT2D eigenvalue weighted by Gasteiger charge is -1.99. The molecule has 0 atom stereocenters. The molecule has 0 aliphatic carbocycles. The van der Waals surface area contributed by atoms with Crippen LogP contribution in [0.25, 0.3) is 0 Å². The van der Waals surface area contributed by atoms with Crippen LogP contribution in [0.3, 0.4) is 0 Å². The molecule has 0 spiro atoms. The molecule has 0 saturated carbocycles. The van der Waals surface area contributed by atoms with Crippen LogP contribution in [0.1, 0.15) is 0 Å². The Labute approximate surface area is 104 Å². The van der Waals surface area contributed by atoms with E-state index in [1.807, 2.05) is 0 Å². The summed E-state index contributed by atoms with van der Waals surface area (Å²) >= 11 is 1.00. The van der Waals surface area contributed by atoms with Gasteiger partial charge in [-0.2, -0.15) is 10.3 Å². The number of aromatic nitrogens is 3. The van der Waals surface area contributed by atoms with Crippen molar-refractivity contribution in [2.75, 3.05) is 0 Å². The number of H-pyrrole nitrogens is 1.